The van der Waals surface area contributed by atoms with Crippen LogP contribution in [0.5, 0.6) is 0 Å². The van der Waals surface area contributed by atoms with Crippen LogP contribution in [0.15, 0.2) is 18.2 Å². The van der Waals surface area contributed by atoms with Gasteiger partial charge in [-0.25, -0.2) is 5.26 Å². The predicted octanol–water partition coefficient (Wildman–Crippen LogP) is 2.61. The Morgan fingerprint density at radius 3 is 2.31 bits per heavy atom. The van der Waals surface area contributed by atoms with Crippen molar-refractivity contribution < 1.29 is 15.9 Å². The van der Waals surface area contributed by atoms with E-state index in [0.717, 1.165) is 0 Å². The number of nitriles is 2. The molecule has 1 rings (SSSR count). The average molecular weight is 304 g/mol. The maximum absolute atomic E-state index is 8.43. The van der Waals surface area contributed by atoms with E-state index in [1.807, 2.05) is 12.1 Å². The van der Waals surface area contributed by atoms with Crippen LogP contribution in [0.3, 0.4) is 0 Å². The molecule has 0 amide bonds. The molecule has 0 saturated heterocycles. The van der Waals surface area contributed by atoms with E-state index in [2.05, 4.69) is 6.07 Å². The Morgan fingerprint density at radius 1 is 1.31 bits per heavy atom. The van der Waals surface area contributed by atoms with Gasteiger partial charge in [-0.15, -0.1) is 24.3 Å². The molecule has 0 atom stereocenters. The van der Waals surface area contributed by atoms with E-state index < -0.39 is 0 Å². The van der Waals surface area contributed by atoms with Crippen molar-refractivity contribution in [3.63, 3.8) is 0 Å². The summed E-state index contributed by atoms with van der Waals surface area (Å²) in [6, 6.07) is 11.3. The van der Waals surface area contributed by atoms with Gasteiger partial charge >= 0.3 is 35.0 Å². The zero-order valence-electron chi connectivity index (χ0n) is 6.20. The molecule has 2 nitrogen and oxygen atoms in total. The number of hydrogen-bond donors (Lipinski definition) is 0. The predicted molar refractivity (Wildman–Crippen MR) is 46.4 cm³/mol. The molecular weight excluding hydrogens is 301 g/mol. The van der Waals surface area contributed by atoms with Crippen LogP contribution < -0.4 is 0 Å². The van der Waals surface area contributed by atoms with E-state index in [1.165, 1.54) is 0 Å². The zero-order valence-corrected chi connectivity index (χ0v) is 9.27. The SMILES string of the molecule is N#Cc1[c-]cccc1C#N.[Cl][Pd][Cl]. The molecule has 0 saturated carbocycles. The van der Waals surface area contributed by atoms with Gasteiger partial charge in [-0.2, -0.15) is 0 Å². The van der Waals surface area contributed by atoms with Crippen molar-refractivity contribution >= 4 is 19.1 Å². The van der Waals surface area contributed by atoms with Crippen molar-refractivity contribution in [1.29, 1.82) is 10.5 Å². The number of benzene rings is 1. The first-order valence-corrected chi connectivity index (χ1v) is 6.93. The molecule has 13 heavy (non-hydrogen) atoms. The summed E-state index contributed by atoms with van der Waals surface area (Å²) >= 11 is -0.106. The van der Waals surface area contributed by atoms with Gasteiger partial charge in [0, 0.05) is 6.07 Å². The van der Waals surface area contributed by atoms with Gasteiger partial charge in [-0.05, 0) is 11.6 Å². The molecule has 5 heteroatoms. The monoisotopic (exact) mass is 303 g/mol. The van der Waals surface area contributed by atoms with E-state index in [0.29, 0.717) is 11.1 Å². The van der Waals surface area contributed by atoms with Gasteiger partial charge in [0.25, 0.3) is 0 Å². The molecule has 0 unspecified atom stereocenters. The summed E-state index contributed by atoms with van der Waals surface area (Å²) in [6.07, 6.45) is 0. The normalized spacial score (nSPS) is 7.69. The van der Waals surface area contributed by atoms with Crippen LogP contribution in [0.2, 0.25) is 0 Å². The van der Waals surface area contributed by atoms with Gasteiger partial charge in [0.05, 0.1) is 0 Å². The first-order valence-electron chi connectivity index (χ1n) is 2.93. The van der Waals surface area contributed by atoms with Crippen molar-refractivity contribution in [3.8, 4) is 12.1 Å². The van der Waals surface area contributed by atoms with Crippen molar-refractivity contribution in [3.05, 3.63) is 35.4 Å². The van der Waals surface area contributed by atoms with Gasteiger partial charge in [0.2, 0.25) is 0 Å². The standard InChI is InChI=1S/C8H3N2.2ClH.Pd/c9-5-7-3-1-2-4-8(7)6-10;;;/h1-3H;2*1H;/q-1;;;+2/p-2. The van der Waals surface area contributed by atoms with Crippen LogP contribution in [0.1, 0.15) is 11.1 Å². The number of nitrogens with zero attached hydrogens (tertiary/aromatic N) is 2. The Labute approximate surface area is 92.8 Å². The molecule has 0 aromatic heterocycles. The van der Waals surface area contributed by atoms with Crippen LogP contribution in [-0.4, -0.2) is 0 Å². The Bertz CT molecular complexity index is 308. The molecule has 70 valence electrons. The van der Waals surface area contributed by atoms with E-state index >= 15 is 0 Å². The molecule has 1 aromatic carbocycles. The van der Waals surface area contributed by atoms with Crippen molar-refractivity contribution in [2.45, 2.75) is 0 Å². The first kappa shape index (κ1) is 12.4. The second-order valence-electron chi connectivity index (χ2n) is 1.73. The second kappa shape index (κ2) is 8.06. The molecule has 0 radical (unpaired) electrons. The van der Waals surface area contributed by atoms with Crippen LogP contribution >= 0.6 is 19.1 Å². The van der Waals surface area contributed by atoms with Crippen LogP contribution in [-0.2, 0) is 15.9 Å². The van der Waals surface area contributed by atoms with E-state index in [9.17, 15) is 0 Å². The van der Waals surface area contributed by atoms with Crippen molar-refractivity contribution in [1.82, 2.24) is 0 Å². The molecule has 0 aliphatic carbocycles. The first-order chi connectivity index (χ1) is 6.29. The summed E-state index contributed by atoms with van der Waals surface area (Å²) in [6.45, 7) is 0. The van der Waals surface area contributed by atoms with Gasteiger partial charge in [-0.3, -0.25) is 5.26 Å². The Balaban J connectivity index is 0.000000424. The van der Waals surface area contributed by atoms with Gasteiger partial charge in [0.1, 0.15) is 0 Å². The van der Waals surface area contributed by atoms with Gasteiger partial charge < -0.3 is 0 Å². The fourth-order valence-electron chi connectivity index (χ4n) is 0.623. The van der Waals surface area contributed by atoms with Crippen LogP contribution in [0.25, 0.3) is 0 Å². The van der Waals surface area contributed by atoms with Crippen LogP contribution in [0.4, 0.5) is 0 Å². The third-order valence-corrected chi connectivity index (χ3v) is 1.09. The van der Waals surface area contributed by atoms with E-state index in [1.54, 1.807) is 18.2 Å². The summed E-state index contributed by atoms with van der Waals surface area (Å²) in [4.78, 5) is 0. The third-order valence-electron chi connectivity index (χ3n) is 1.09. The summed E-state index contributed by atoms with van der Waals surface area (Å²) in [7, 11) is 9.63. The average Bonchev–Trinajstić information content (AvgIpc) is 2.19. The number of rotatable bonds is 0. The van der Waals surface area contributed by atoms with Crippen molar-refractivity contribution in [2.24, 2.45) is 0 Å². The van der Waals surface area contributed by atoms with Crippen LogP contribution in [0, 0.1) is 28.7 Å². The number of hydrogen-bond acceptors (Lipinski definition) is 2. The quantitative estimate of drug-likeness (QED) is 0.546. The minimum absolute atomic E-state index is 0.106. The fraction of sp³-hybridized carbons (Fsp3) is 0. The molecule has 0 fully saturated rings. The molecule has 1 aromatic rings. The maximum atomic E-state index is 8.43. The Morgan fingerprint density at radius 2 is 1.92 bits per heavy atom. The summed E-state index contributed by atoms with van der Waals surface area (Å²) in [5.74, 6) is 0. The molecule has 0 bridgehead atoms. The van der Waals surface area contributed by atoms with Gasteiger partial charge in [0.15, 0.2) is 0 Å². The fourth-order valence-corrected chi connectivity index (χ4v) is 0.623. The Kier molecular flexibility index (Phi) is 7.71. The topological polar surface area (TPSA) is 47.6 Å². The molecule has 0 spiro atoms. The van der Waals surface area contributed by atoms with E-state index in [4.69, 9.17) is 29.6 Å². The van der Waals surface area contributed by atoms with E-state index in [-0.39, 0.29) is 15.9 Å². The molecule has 0 aliphatic heterocycles. The molecule has 0 N–H and O–H groups in total. The van der Waals surface area contributed by atoms with Gasteiger partial charge in [-0.1, -0.05) is 5.56 Å². The van der Waals surface area contributed by atoms with Crippen molar-refractivity contribution in [2.75, 3.05) is 0 Å². The Hall–Kier alpha value is -0.558. The summed E-state index contributed by atoms with van der Waals surface area (Å²) in [5.41, 5.74) is 0.690. The summed E-state index contributed by atoms with van der Waals surface area (Å²) < 4.78 is 0. The molecule has 0 aliphatic rings. The molecule has 0 heterocycles. The number of halogens is 2. The second-order valence-corrected chi connectivity index (χ2v) is 4.09. The summed E-state index contributed by atoms with van der Waals surface area (Å²) in [5, 5.41) is 16.8. The zero-order chi connectivity index (χ0) is 10.1. The minimum atomic E-state index is -0.106. The third kappa shape index (κ3) is 4.89. The molecular formula is C8H3Cl2N2Pd-.